The van der Waals surface area contributed by atoms with Gasteiger partial charge < -0.3 is 10.1 Å². The van der Waals surface area contributed by atoms with Gasteiger partial charge in [0.1, 0.15) is 5.75 Å². The molecular weight excluding hydrogens is 210 g/mol. The van der Waals surface area contributed by atoms with Crippen LogP contribution in [0.4, 0.5) is 0 Å². The summed E-state index contributed by atoms with van der Waals surface area (Å²) in [4.78, 5) is 0. The molecule has 0 aliphatic heterocycles. The minimum atomic E-state index is 0.553. The molecule has 1 aliphatic rings. The number of nitrogens with one attached hydrogen (secondary N) is 1. The second kappa shape index (κ2) is 5.54. The standard InChI is InChI=1S/C15H23NO/c1-3-17-14-7-4-6-13(10-14)11-16-12-15(2)8-5-9-15/h4,6-7,10,16H,3,5,8-9,11-12H2,1-2H3. The Balaban J connectivity index is 1.79. The molecule has 0 atom stereocenters. The minimum absolute atomic E-state index is 0.553. The Morgan fingerprint density at radius 1 is 1.35 bits per heavy atom. The van der Waals surface area contributed by atoms with Crippen LogP contribution in [0.25, 0.3) is 0 Å². The molecule has 0 saturated heterocycles. The lowest BCUT2D eigenvalue weighted by molar-refractivity contribution is 0.156. The predicted octanol–water partition coefficient (Wildman–Crippen LogP) is 3.37. The van der Waals surface area contributed by atoms with Crippen LogP contribution in [0.3, 0.4) is 0 Å². The highest BCUT2D eigenvalue weighted by Crippen LogP contribution is 2.39. The van der Waals surface area contributed by atoms with Gasteiger partial charge in [0.05, 0.1) is 6.61 Å². The molecule has 2 nitrogen and oxygen atoms in total. The highest BCUT2D eigenvalue weighted by atomic mass is 16.5. The Morgan fingerprint density at radius 2 is 2.18 bits per heavy atom. The van der Waals surface area contributed by atoms with E-state index in [1.165, 1.54) is 24.8 Å². The summed E-state index contributed by atoms with van der Waals surface area (Å²) in [6, 6.07) is 8.35. The topological polar surface area (TPSA) is 21.3 Å². The maximum absolute atomic E-state index is 5.50. The van der Waals surface area contributed by atoms with E-state index in [9.17, 15) is 0 Å². The third kappa shape index (κ3) is 3.47. The Bertz CT molecular complexity index is 358. The van der Waals surface area contributed by atoms with Crippen LogP contribution < -0.4 is 10.1 Å². The highest BCUT2D eigenvalue weighted by molar-refractivity contribution is 5.28. The molecule has 1 aliphatic carbocycles. The minimum Gasteiger partial charge on any atom is -0.494 e. The van der Waals surface area contributed by atoms with E-state index in [-0.39, 0.29) is 0 Å². The molecule has 94 valence electrons. The Hall–Kier alpha value is -1.02. The molecule has 1 aromatic carbocycles. The summed E-state index contributed by atoms with van der Waals surface area (Å²) in [7, 11) is 0. The first-order valence-electron chi connectivity index (χ1n) is 6.64. The first-order valence-corrected chi connectivity index (χ1v) is 6.64. The predicted molar refractivity (Wildman–Crippen MR) is 71.3 cm³/mol. The Kier molecular flexibility index (Phi) is 4.06. The summed E-state index contributed by atoms with van der Waals surface area (Å²) in [6.07, 6.45) is 4.15. The summed E-state index contributed by atoms with van der Waals surface area (Å²) in [5.74, 6) is 0.974. The van der Waals surface area contributed by atoms with Crippen molar-refractivity contribution in [2.24, 2.45) is 5.41 Å². The first-order chi connectivity index (χ1) is 8.22. The molecule has 2 rings (SSSR count). The molecular formula is C15H23NO. The maximum Gasteiger partial charge on any atom is 0.119 e. The van der Waals surface area contributed by atoms with Gasteiger partial charge in [-0.05, 0) is 42.9 Å². The van der Waals surface area contributed by atoms with Gasteiger partial charge >= 0.3 is 0 Å². The van der Waals surface area contributed by atoms with Gasteiger partial charge in [-0.15, -0.1) is 0 Å². The average molecular weight is 233 g/mol. The molecule has 0 unspecified atom stereocenters. The number of hydrogen-bond donors (Lipinski definition) is 1. The van der Waals surface area contributed by atoms with Crippen molar-refractivity contribution in [3.63, 3.8) is 0 Å². The lowest BCUT2D eigenvalue weighted by Gasteiger charge is -2.38. The monoisotopic (exact) mass is 233 g/mol. The van der Waals surface area contributed by atoms with E-state index >= 15 is 0 Å². The first kappa shape index (κ1) is 12.4. The van der Waals surface area contributed by atoms with Crippen molar-refractivity contribution < 1.29 is 4.74 Å². The van der Waals surface area contributed by atoms with E-state index in [0.717, 1.165) is 25.4 Å². The van der Waals surface area contributed by atoms with Crippen molar-refractivity contribution in [1.29, 1.82) is 0 Å². The van der Waals surface area contributed by atoms with Crippen LogP contribution in [-0.2, 0) is 6.54 Å². The average Bonchev–Trinajstić information content (AvgIpc) is 2.28. The number of rotatable bonds is 6. The van der Waals surface area contributed by atoms with Gasteiger partial charge in [0.25, 0.3) is 0 Å². The molecule has 0 radical (unpaired) electrons. The molecule has 2 heteroatoms. The number of hydrogen-bond acceptors (Lipinski definition) is 2. The fourth-order valence-electron chi connectivity index (χ4n) is 2.38. The van der Waals surface area contributed by atoms with Crippen LogP contribution in [0.5, 0.6) is 5.75 Å². The van der Waals surface area contributed by atoms with Gasteiger partial charge in [-0.1, -0.05) is 25.5 Å². The zero-order chi connectivity index (χ0) is 12.1. The molecule has 0 amide bonds. The Labute approximate surface area is 104 Å². The lowest BCUT2D eigenvalue weighted by atomic mass is 9.70. The molecule has 17 heavy (non-hydrogen) atoms. The zero-order valence-electron chi connectivity index (χ0n) is 11.0. The molecule has 0 bridgehead atoms. The molecule has 1 aromatic rings. The van der Waals surface area contributed by atoms with Crippen molar-refractivity contribution >= 4 is 0 Å². The summed E-state index contributed by atoms with van der Waals surface area (Å²) in [5, 5.41) is 3.56. The van der Waals surface area contributed by atoms with Gasteiger partial charge in [0, 0.05) is 13.1 Å². The Morgan fingerprint density at radius 3 is 2.82 bits per heavy atom. The van der Waals surface area contributed by atoms with Crippen LogP contribution in [0.15, 0.2) is 24.3 Å². The van der Waals surface area contributed by atoms with Crippen LogP contribution >= 0.6 is 0 Å². The fraction of sp³-hybridized carbons (Fsp3) is 0.600. The molecule has 0 aromatic heterocycles. The van der Waals surface area contributed by atoms with Crippen molar-refractivity contribution in [3.8, 4) is 5.75 Å². The van der Waals surface area contributed by atoms with E-state index < -0.39 is 0 Å². The fourth-order valence-corrected chi connectivity index (χ4v) is 2.38. The molecule has 0 heterocycles. The van der Waals surface area contributed by atoms with Gasteiger partial charge in [0.15, 0.2) is 0 Å². The van der Waals surface area contributed by atoms with Crippen molar-refractivity contribution in [3.05, 3.63) is 29.8 Å². The third-order valence-electron chi connectivity index (χ3n) is 3.65. The molecule has 1 N–H and O–H groups in total. The van der Waals surface area contributed by atoms with Gasteiger partial charge in [-0.25, -0.2) is 0 Å². The largest absolute Gasteiger partial charge is 0.494 e. The third-order valence-corrected chi connectivity index (χ3v) is 3.65. The van der Waals surface area contributed by atoms with Crippen molar-refractivity contribution in [2.75, 3.05) is 13.2 Å². The summed E-state index contributed by atoms with van der Waals surface area (Å²) in [5.41, 5.74) is 1.86. The van der Waals surface area contributed by atoms with Crippen LogP contribution in [0.2, 0.25) is 0 Å². The van der Waals surface area contributed by atoms with E-state index in [1.54, 1.807) is 0 Å². The molecule has 1 saturated carbocycles. The van der Waals surface area contributed by atoms with Crippen LogP contribution in [0.1, 0.15) is 38.7 Å². The summed E-state index contributed by atoms with van der Waals surface area (Å²) in [6.45, 7) is 7.19. The number of ether oxygens (including phenoxy) is 1. The van der Waals surface area contributed by atoms with Gasteiger partial charge in [0.2, 0.25) is 0 Å². The second-order valence-corrected chi connectivity index (χ2v) is 5.35. The molecule has 1 fully saturated rings. The van der Waals surface area contributed by atoms with Crippen molar-refractivity contribution in [2.45, 2.75) is 39.7 Å². The highest BCUT2D eigenvalue weighted by Gasteiger charge is 2.30. The van der Waals surface area contributed by atoms with Crippen molar-refractivity contribution in [1.82, 2.24) is 5.32 Å². The van der Waals surface area contributed by atoms with Crippen LogP contribution in [0, 0.1) is 5.41 Å². The van der Waals surface area contributed by atoms with Gasteiger partial charge in [-0.3, -0.25) is 0 Å². The van der Waals surface area contributed by atoms with E-state index in [1.807, 2.05) is 13.0 Å². The summed E-state index contributed by atoms with van der Waals surface area (Å²) < 4.78 is 5.50. The van der Waals surface area contributed by atoms with Gasteiger partial charge in [-0.2, -0.15) is 0 Å². The quantitative estimate of drug-likeness (QED) is 0.813. The number of benzene rings is 1. The molecule has 0 spiro atoms. The van der Waals surface area contributed by atoms with Crippen LogP contribution in [-0.4, -0.2) is 13.2 Å². The SMILES string of the molecule is CCOc1cccc(CNCC2(C)CCC2)c1. The normalized spacial score (nSPS) is 17.5. The van der Waals surface area contributed by atoms with E-state index in [2.05, 4.69) is 30.4 Å². The maximum atomic E-state index is 5.50. The second-order valence-electron chi connectivity index (χ2n) is 5.35. The zero-order valence-corrected chi connectivity index (χ0v) is 11.0. The summed E-state index contributed by atoms with van der Waals surface area (Å²) >= 11 is 0. The van der Waals surface area contributed by atoms with E-state index in [4.69, 9.17) is 4.74 Å². The lowest BCUT2D eigenvalue weighted by Crippen LogP contribution is -2.36. The van der Waals surface area contributed by atoms with E-state index in [0.29, 0.717) is 5.41 Å². The smallest absolute Gasteiger partial charge is 0.119 e.